The molecule has 19 heavy (non-hydrogen) atoms. The Kier molecular flexibility index (Phi) is 4.60. The van der Waals surface area contributed by atoms with Crippen molar-refractivity contribution in [2.45, 2.75) is 13.0 Å². The van der Waals surface area contributed by atoms with Gasteiger partial charge < -0.3 is 9.47 Å². The number of nitro groups is 1. The lowest BCUT2D eigenvalue weighted by atomic mass is 10.3. The van der Waals surface area contributed by atoms with E-state index in [-0.39, 0.29) is 6.61 Å². The molecule has 0 unspecified atom stereocenters. The number of benzene rings is 1. The van der Waals surface area contributed by atoms with Crippen LogP contribution in [0.4, 0.5) is 14.5 Å². The fourth-order valence-corrected chi connectivity index (χ4v) is 1.34. The highest BCUT2D eigenvalue weighted by Crippen LogP contribution is 2.37. The van der Waals surface area contributed by atoms with Gasteiger partial charge in [-0.25, -0.2) is 4.79 Å². The predicted molar refractivity (Wildman–Crippen MR) is 60.3 cm³/mol. The van der Waals surface area contributed by atoms with Crippen LogP contribution in [0.15, 0.2) is 18.2 Å². The molecule has 104 valence electrons. The van der Waals surface area contributed by atoms with Crippen molar-refractivity contribution >= 4 is 23.3 Å². The van der Waals surface area contributed by atoms with Crippen LogP contribution in [0.3, 0.4) is 0 Å². The lowest BCUT2D eigenvalue weighted by Gasteiger charge is -2.16. The summed E-state index contributed by atoms with van der Waals surface area (Å²) < 4.78 is 34.8. The Bertz CT molecular complexity index is 509. The van der Waals surface area contributed by atoms with Crippen LogP contribution in [0, 0.1) is 10.1 Å². The number of nitrogens with zero attached hydrogens (tertiary/aromatic N) is 1. The van der Waals surface area contributed by atoms with E-state index in [4.69, 9.17) is 11.6 Å². The molecule has 0 aliphatic carbocycles. The Morgan fingerprint density at radius 2 is 2.16 bits per heavy atom. The first-order valence-corrected chi connectivity index (χ1v) is 5.34. The number of rotatable bonds is 5. The summed E-state index contributed by atoms with van der Waals surface area (Å²) in [6.07, 6.45) is -4.37. The fraction of sp³-hybridized carbons (Fsp3) is 0.300. The summed E-state index contributed by atoms with van der Waals surface area (Å²) >= 11 is 5.55. The summed E-state index contributed by atoms with van der Waals surface area (Å²) in [6, 6.07) is 3.23. The van der Waals surface area contributed by atoms with Gasteiger partial charge in [0.1, 0.15) is 0 Å². The van der Waals surface area contributed by atoms with Gasteiger partial charge in [-0.2, -0.15) is 8.78 Å². The van der Waals surface area contributed by atoms with Crippen LogP contribution in [0.5, 0.6) is 5.75 Å². The Morgan fingerprint density at radius 1 is 1.53 bits per heavy atom. The van der Waals surface area contributed by atoms with Crippen molar-refractivity contribution in [1.82, 2.24) is 0 Å². The van der Waals surface area contributed by atoms with Gasteiger partial charge in [0.25, 0.3) is 0 Å². The first kappa shape index (κ1) is 15.1. The van der Waals surface area contributed by atoms with Gasteiger partial charge in [-0.15, -0.1) is 0 Å². The van der Waals surface area contributed by atoms with Crippen molar-refractivity contribution < 1.29 is 28.0 Å². The van der Waals surface area contributed by atoms with Crippen LogP contribution >= 0.6 is 11.6 Å². The Balaban J connectivity index is 3.11. The summed E-state index contributed by atoms with van der Waals surface area (Å²) in [7, 11) is 0. The highest BCUT2D eigenvalue weighted by molar-refractivity contribution is 6.32. The Hall–Kier alpha value is -1.96. The molecule has 0 atom stereocenters. The number of para-hydroxylation sites is 1. The van der Waals surface area contributed by atoms with E-state index in [0.717, 1.165) is 12.1 Å². The van der Waals surface area contributed by atoms with Crippen LogP contribution in [0.1, 0.15) is 6.92 Å². The van der Waals surface area contributed by atoms with Gasteiger partial charge in [0.15, 0.2) is 0 Å². The predicted octanol–water partition coefficient (Wildman–Crippen LogP) is 2.78. The molecule has 0 radical (unpaired) electrons. The number of esters is 1. The quantitative estimate of drug-likeness (QED) is 0.474. The average molecular weight is 296 g/mol. The molecule has 6 nitrogen and oxygen atoms in total. The maximum Gasteiger partial charge on any atom is 0.502 e. The van der Waals surface area contributed by atoms with Crippen LogP contribution in [0.25, 0.3) is 0 Å². The zero-order chi connectivity index (χ0) is 14.6. The molecular weight excluding hydrogens is 288 g/mol. The summed E-state index contributed by atoms with van der Waals surface area (Å²) in [5.74, 6) is -2.85. The lowest BCUT2D eigenvalue weighted by molar-refractivity contribution is -0.387. The molecule has 0 fully saturated rings. The minimum atomic E-state index is -4.37. The maximum atomic E-state index is 13.3. The van der Waals surface area contributed by atoms with E-state index < -0.39 is 33.5 Å². The summed E-state index contributed by atoms with van der Waals surface area (Å²) in [6.45, 7) is 1.04. The van der Waals surface area contributed by atoms with Gasteiger partial charge in [-0.3, -0.25) is 10.1 Å². The zero-order valence-electron chi connectivity index (χ0n) is 9.56. The van der Waals surface area contributed by atoms with Crippen molar-refractivity contribution in [3.8, 4) is 5.75 Å². The molecule has 1 aromatic rings. The van der Waals surface area contributed by atoms with E-state index in [1.807, 2.05) is 0 Å². The summed E-state index contributed by atoms with van der Waals surface area (Å²) in [5, 5.41) is 10.2. The Labute approximate surface area is 111 Å². The normalized spacial score (nSPS) is 10.9. The first-order valence-electron chi connectivity index (χ1n) is 4.96. The minimum Gasteiger partial charge on any atom is -0.459 e. The van der Waals surface area contributed by atoms with Crippen LogP contribution in [-0.2, 0) is 9.53 Å². The molecule has 0 spiro atoms. The third kappa shape index (κ3) is 3.50. The third-order valence-corrected chi connectivity index (χ3v) is 2.18. The van der Waals surface area contributed by atoms with Crippen molar-refractivity contribution in [3.63, 3.8) is 0 Å². The van der Waals surface area contributed by atoms with Gasteiger partial charge in [0, 0.05) is 6.07 Å². The van der Waals surface area contributed by atoms with Gasteiger partial charge in [0.2, 0.25) is 5.75 Å². The van der Waals surface area contributed by atoms with Crippen molar-refractivity contribution in [2.75, 3.05) is 6.61 Å². The highest BCUT2D eigenvalue weighted by Gasteiger charge is 2.46. The number of ether oxygens (including phenoxy) is 2. The van der Waals surface area contributed by atoms with Gasteiger partial charge in [0.05, 0.1) is 16.6 Å². The molecule has 0 aliphatic rings. The highest BCUT2D eigenvalue weighted by atomic mass is 35.5. The number of alkyl halides is 2. The maximum absolute atomic E-state index is 13.3. The second kappa shape index (κ2) is 5.79. The second-order valence-corrected chi connectivity index (χ2v) is 3.59. The van der Waals surface area contributed by atoms with E-state index in [0.29, 0.717) is 0 Å². The smallest absolute Gasteiger partial charge is 0.459 e. The molecule has 0 N–H and O–H groups in total. The molecule has 0 amide bonds. The molecule has 0 heterocycles. The summed E-state index contributed by atoms with van der Waals surface area (Å²) in [4.78, 5) is 20.7. The number of hydrogen-bond donors (Lipinski definition) is 0. The van der Waals surface area contributed by atoms with Crippen molar-refractivity contribution in [3.05, 3.63) is 33.3 Å². The largest absolute Gasteiger partial charge is 0.502 e. The minimum absolute atomic E-state index is 0.289. The molecule has 0 bridgehead atoms. The molecule has 0 aliphatic heterocycles. The van der Waals surface area contributed by atoms with E-state index in [9.17, 15) is 23.7 Å². The van der Waals surface area contributed by atoms with Crippen LogP contribution in [-0.4, -0.2) is 23.6 Å². The molecule has 1 aromatic carbocycles. The van der Waals surface area contributed by atoms with E-state index in [2.05, 4.69) is 9.47 Å². The molecule has 0 saturated heterocycles. The number of carbonyl (C=O) groups is 1. The molecule has 1 rings (SSSR count). The van der Waals surface area contributed by atoms with E-state index in [1.165, 1.54) is 13.0 Å². The lowest BCUT2D eigenvalue weighted by Crippen LogP contribution is -2.37. The van der Waals surface area contributed by atoms with E-state index in [1.54, 1.807) is 0 Å². The average Bonchev–Trinajstić information content (AvgIpc) is 2.31. The van der Waals surface area contributed by atoms with Gasteiger partial charge >= 0.3 is 17.8 Å². The topological polar surface area (TPSA) is 78.7 Å². The summed E-state index contributed by atoms with van der Waals surface area (Å²) in [5.41, 5.74) is -0.781. The fourth-order valence-electron chi connectivity index (χ4n) is 1.13. The van der Waals surface area contributed by atoms with Crippen LogP contribution in [0.2, 0.25) is 5.02 Å². The van der Waals surface area contributed by atoms with Crippen molar-refractivity contribution in [2.24, 2.45) is 0 Å². The van der Waals surface area contributed by atoms with Crippen LogP contribution < -0.4 is 4.74 Å². The number of halogens is 3. The van der Waals surface area contributed by atoms with E-state index >= 15 is 0 Å². The second-order valence-electron chi connectivity index (χ2n) is 3.18. The molecule has 9 heteroatoms. The molecule has 0 aromatic heterocycles. The Morgan fingerprint density at radius 3 is 2.68 bits per heavy atom. The SMILES string of the molecule is CCOC(=O)C(F)(F)Oc1c(Cl)cccc1[N+](=O)[O-]. The number of hydrogen-bond acceptors (Lipinski definition) is 5. The number of carbonyl (C=O) groups excluding carboxylic acids is 1. The standard InChI is InChI=1S/C10H8ClF2NO5/c1-2-18-9(15)10(12,13)19-8-6(11)4-3-5-7(8)14(16)17/h3-5H,2H2,1H3. The third-order valence-electron chi connectivity index (χ3n) is 1.89. The monoisotopic (exact) mass is 295 g/mol. The first-order chi connectivity index (χ1) is 8.79. The van der Waals surface area contributed by atoms with Gasteiger partial charge in [-0.05, 0) is 13.0 Å². The van der Waals surface area contributed by atoms with Gasteiger partial charge in [-0.1, -0.05) is 17.7 Å². The molecule has 0 saturated carbocycles. The zero-order valence-corrected chi connectivity index (χ0v) is 10.3. The number of nitro benzene ring substituents is 1. The molecular formula is C10H8ClF2NO5. The van der Waals surface area contributed by atoms with Crippen molar-refractivity contribution in [1.29, 1.82) is 0 Å².